The van der Waals surface area contributed by atoms with Gasteiger partial charge in [-0.05, 0) is 50.2 Å². The van der Waals surface area contributed by atoms with E-state index in [1.807, 2.05) is 6.08 Å². The van der Waals surface area contributed by atoms with E-state index in [1.165, 1.54) is 23.9 Å². The van der Waals surface area contributed by atoms with Crippen molar-refractivity contribution in [3.05, 3.63) is 34.4 Å². The van der Waals surface area contributed by atoms with E-state index in [0.717, 1.165) is 43.4 Å². The zero-order valence-electron chi connectivity index (χ0n) is 13.5. The highest BCUT2D eigenvalue weighted by molar-refractivity contribution is 5.84. The Balaban J connectivity index is 1.50. The Labute approximate surface area is 139 Å². The molecule has 0 amide bonds. The van der Waals surface area contributed by atoms with Crippen LogP contribution in [0.5, 0.6) is 0 Å². The lowest BCUT2D eigenvalue weighted by Gasteiger charge is -2.04. The van der Waals surface area contributed by atoms with Crippen LogP contribution in [0, 0.1) is 0 Å². The molecule has 0 saturated heterocycles. The number of unbranched alkanes of at least 4 members (excludes halogenated alkanes) is 1. The minimum Gasteiger partial charge on any atom is -0.476 e. The predicted molar refractivity (Wildman–Crippen MR) is 90.2 cm³/mol. The van der Waals surface area contributed by atoms with Gasteiger partial charge in [-0.25, -0.2) is 4.79 Å². The maximum absolute atomic E-state index is 10.7. The van der Waals surface area contributed by atoms with E-state index >= 15 is 0 Å². The fourth-order valence-corrected chi connectivity index (χ4v) is 3.10. The number of hydrogen-bond acceptors (Lipinski definition) is 5. The van der Waals surface area contributed by atoms with Crippen molar-refractivity contribution < 1.29 is 9.90 Å². The highest BCUT2D eigenvalue weighted by Gasteiger charge is 2.18. The van der Waals surface area contributed by atoms with Gasteiger partial charge >= 0.3 is 5.97 Å². The van der Waals surface area contributed by atoms with Crippen molar-refractivity contribution in [2.24, 2.45) is 5.73 Å². The number of nitrogens with zero attached hydrogens (tertiary/aromatic N) is 3. The Kier molecular flexibility index (Phi) is 4.54. The second kappa shape index (κ2) is 6.77. The molecule has 0 bridgehead atoms. The molecule has 1 aliphatic rings. The number of carbonyl (C=O) groups is 1. The molecule has 2 aromatic heterocycles. The Morgan fingerprint density at radius 3 is 3.00 bits per heavy atom. The molecule has 2 aromatic rings. The largest absolute Gasteiger partial charge is 0.476 e. The molecule has 0 aromatic carbocycles. The summed E-state index contributed by atoms with van der Waals surface area (Å²) in [4.78, 5) is 14.0. The number of nitrogen functional groups attached to an aromatic ring is 1. The van der Waals surface area contributed by atoms with Gasteiger partial charge in [-0.15, -0.1) is 5.10 Å². The lowest BCUT2D eigenvalue weighted by Crippen LogP contribution is -2.02. The third kappa shape index (κ3) is 3.42. The fourth-order valence-electron chi connectivity index (χ4n) is 3.10. The molecule has 0 unspecified atom stereocenters. The maximum atomic E-state index is 10.7. The van der Waals surface area contributed by atoms with Gasteiger partial charge in [0.05, 0.1) is 6.20 Å². The Morgan fingerprint density at radius 1 is 1.42 bits per heavy atom. The van der Waals surface area contributed by atoms with E-state index in [1.54, 1.807) is 4.68 Å². The van der Waals surface area contributed by atoms with E-state index in [9.17, 15) is 4.79 Å². The number of fused-ring (bicyclic) bond motifs is 1. The fraction of sp³-hybridized carbons (Fsp3) is 0.438. The number of nitrogens with one attached hydrogen (secondary N) is 1. The van der Waals surface area contributed by atoms with Crippen molar-refractivity contribution in [1.29, 1.82) is 0 Å². The standard InChI is InChI=1S/C16H22N6O2/c17-10(8-12-11-5-3-6-13(11)19-15(12)18)4-1-2-7-22-9-14(16(23)24)20-21-22/h8-9,19H,1-7,17-18H2,(H,23,24)/b10-8-. The molecule has 2 heterocycles. The summed E-state index contributed by atoms with van der Waals surface area (Å²) < 4.78 is 1.54. The highest BCUT2D eigenvalue weighted by atomic mass is 16.4. The lowest BCUT2D eigenvalue weighted by atomic mass is 10.1. The van der Waals surface area contributed by atoms with Gasteiger partial charge < -0.3 is 21.6 Å². The van der Waals surface area contributed by atoms with Gasteiger partial charge in [0.1, 0.15) is 5.82 Å². The number of anilines is 1. The van der Waals surface area contributed by atoms with Gasteiger partial charge in [0, 0.05) is 23.5 Å². The zero-order chi connectivity index (χ0) is 17.1. The topological polar surface area (TPSA) is 136 Å². The van der Waals surface area contributed by atoms with Crippen LogP contribution in [-0.2, 0) is 19.4 Å². The van der Waals surface area contributed by atoms with Crippen molar-refractivity contribution in [3.63, 3.8) is 0 Å². The molecule has 0 saturated carbocycles. The average Bonchev–Trinajstić information content (AvgIpc) is 3.23. The first-order valence-corrected chi connectivity index (χ1v) is 8.13. The van der Waals surface area contributed by atoms with Crippen molar-refractivity contribution in [2.75, 3.05) is 5.73 Å². The number of aryl methyl sites for hydroxylation is 2. The molecule has 0 radical (unpaired) electrons. The Morgan fingerprint density at radius 2 is 2.25 bits per heavy atom. The number of aromatic nitrogens is 4. The van der Waals surface area contributed by atoms with Crippen LogP contribution in [0.15, 0.2) is 11.9 Å². The molecule has 8 heteroatoms. The minimum atomic E-state index is -1.06. The number of H-pyrrole nitrogens is 1. The molecule has 3 rings (SSSR count). The number of carboxylic acid groups (broad SMARTS) is 1. The molecule has 6 N–H and O–H groups in total. The van der Waals surface area contributed by atoms with Crippen LogP contribution in [0.1, 0.15) is 53.0 Å². The molecule has 8 nitrogen and oxygen atoms in total. The smallest absolute Gasteiger partial charge is 0.358 e. The Hall–Kier alpha value is -2.77. The summed E-state index contributed by atoms with van der Waals surface area (Å²) in [6.07, 6.45) is 9.19. The SMILES string of the molecule is N/C(=C\c1c(N)[nH]c2c1CCC2)CCCCn1cc(C(=O)O)nn1. The number of hydrogen-bond donors (Lipinski definition) is 4. The number of aromatic carboxylic acids is 1. The third-order valence-corrected chi connectivity index (χ3v) is 4.31. The van der Waals surface area contributed by atoms with Crippen molar-refractivity contribution >= 4 is 17.9 Å². The van der Waals surface area contributed by atoms with Crippen LogP contribution in [0.25, 0.3) is 6.08 Å². The van der Waals surface area contributed by atoms with Crippen LogP contribution in [0.2, 0.25) is 0 Å². The van der Waals surface area contributed by atoms with E-state index in [0.29, 0.717) is 12.4 Å². The molecule has 0 aliphatic heterocycles. The predicted octanol–water partition coefficient (Wildman–Crippen LogP) is 1.55. The molecule has 0 atom stereocenters. The quantitative estimate of drug-likeness (QED) is 0.569. The minimum absolute atomic E-state index is 0.0359. The number of rotatable bonds is 7. The lowest BCUT2D eigenvalue weighted by molar-refractivity contribution is 0.0690. The van der Waals surface area contributed by atoms with Gasteiger partial charge in [-0.1, -0.05) is 5.21 Å². The van der Waals surface area contributed by atoms with Crippen molar-refractivity contribution in [1.82, 2.24) is 20.0 Å². The maximum Gasteiger partial charge on any atom is 0.358 e. The zero-order valence-corrected chi connectivity index (χ0v) is 13.5. The first-order valence-electron chi connectivity index (χ1n) is 8.13. The summed E-state index contributed by atoms with van der Waals surface area (Å²) in [6, 6.07) is 0. The summed E-state index contributed by atoms with van der Waals surface area (Å²) in [7, 11) is 0. The van der Waals surface area contributed by atoms with Crippen LogP contribution < -0.4 is 11.5 Å². The first-order chi connectivity index (χ1) is 11.5. The summed E-state index contributed by atoms with van der Waals surface area (Å²) in [5, 5.41) is 16.2. The number of aromatic amines is 1. The van der Waals surface area contributed by atoms with Crippen molar-refractivity contribution in [3.8, 4) is 0 Å². The Bertz CT molecular complexity index is 774. The van der Waals surface area contributed by atoms with Gasteiger partial charge in [0.25, 0.3) is 0 Å². The monoisotopic (exact) mass is 330 g/mol. The van der Waals surface area contributed by atoms with Crippen LogP contribution >= 0.6 is 0 Å². The van der Waals surface area contributed by atoms with Gasteiger partial charge in [0.15, 0.2) is 5.69 Å². The number of nitrogens with two attached hydrogens (primary N) is 2. The molecule has 24 heavy (non-hydrogen) atoms. The summed E-state index contributed by atoms with van der Waals surface area (Å²) in [5.74, 6) is -0.364. The molecule has 0 spiro atoms. The molecule has 128 valence electrons. The highest BCUT2D eigenvalue weighted by Crippen LogP contribution is 2.30. The number of carboxylic acids is 1. The molecule has 0 fully saturated rings. The summed E-state index contributed by atoms with van der Waals surface area (Å²) in [6.45, 7) is 0.620. The molecule has 1 aliphatic carbocycles. The molecular weight excluding hydrogens is 308 g/mol. The van der Waals surface area contributed by atoms with E-state index < -0.39 is 5.97 Å². The van der Waals surface area contributed by atoms with E-state index in [4.69, 9.17) is 16.6 Å². The van der Waals surface area contributed by atoms with Gasteiger partial charge in [-0.3, -0.25) is 4.68 Å². The van der Waals surface area contributed by atoms with Gasteiger partial charge in [0.2, 0.25) is 0 Å². The van der Waals surface area contributed by atoms with Crippen LogP contribution in [0.3, 0.4) is 0 Å². The van der Waals surface area contributed by atoms with Gasteiger partial charge in [-0.2, -0.15) is 0 Å². The number of allylic oxidation sites excluding steroid dienone is 1. The molecular formula is C16H22N6O2. The third-order valence-electron chi connectivity index (χ3n) is 4.31. The average molecular weight is 330 g/mol. The summed E-state index contributed by atoms with van der Waals surface area (Å²) in [5.41, 5.74) is 16.5. The normalized spacial score (nSPS) is 14.1. The second-order valence-corrected chi connectivity index (χ2v) is 6.11. The first kappa shape index (κ1) is 16.1. The van der Waals surface area contributed by atoms with Crippen LogP contribution in [0.4, 0.5) is 5.82 Å². The van der Waals surface area contributed by atoms with E-state index in [2.05, 4.69) is 15.3 Å². The van der Waals surface area contributed by atoms with Crippen molar-refractivity contribution in [2.45, 2.75) is 45.1 Å². The van der Waals surface area contributed by atoms with Crippen LogP contribution in [-0.4, -0.2) is 31.1 Å². The second-order valence-electron chi connectivity index (χ2n) is 6.11. The summed E-state index contributed by atoms with van der Waals surface area (Å²) >= 11 is 0. The van der Waals surface area contributed by atoms with E-state index in [-0.39, 0.29) is 5.69 Å².